The first-order valence-corrected chi connectivity index (χ1v) is 6.09. The molecule has 0 spiro atoms. The monoisotopic (exact) mass is 213 g/mol. The third-order valence-electron chi connectivity index (χ3n) is 2.25. The van der Waals surface area contributed by atoms with Crippen LogP contribution < -0.4 is 11.1 Å². The Bertz CT molecular complexity index is 223. The minimum atomic E-state index is 0.610. The molecule has 0 fully saturated rings. The van der Waals surface area contributed by atoms with Gasteiger partial charge in [0.05, 0.1) is 11.2 Å². The Kier molecular flexibility index (Phi) is 5.75. The summed E-state index contributed by atoms with van der Waals surface area (Å²) in [6, 6.07) is 0. The number of thiazole rings is 1. The van der Waals surface area contributed by atoms with Crippen molar-refractivity contribution in [2.24, 2.45) is 11.7 Å². The number of hydrogen-bond acceptors (Lipinski definition) is 4. The first-order chi connectivity index (χ1) is 6.86. The molecule has 0 bridgehead atoms. The molecule has 0 aliphatic rings. The quantitative estimate of drug-likeness (QED) is 0.723. The van der Waals surface area contributed by atoms with Gasteiger partial charge in [-0.15, -0.1) is 11.3 Å². The molecule has 0 aliphatic carbocycles. The smallest absolute Gasteiger partial charge is 0.0795 e. The maximum atomic E-state index is 5.66. The van der Waals surface area contributed by atoms with E-state index in [0.29, 0.717) is 5.92 Å². The Labute approximate surface area is 89.7 Å². The fraction of sp³-hybridized carbons (Fsp3) is 0.700. The molecule has 3 N–H and O–H groups in total. The maximum absolute atomic E-state index is 5.66. The Balaban J connectivity index is 2.13. The average Bonchev–Trinajstić information content (AvgIpc) is 2.69. The first kappa shape index (κ1) is 11.6. The van der Waals surface area contributed by atoms with Crippen molar-refractivity contribution in [1.29, 1.82) is 0 Å². The van der Waals surface area contributed by atoms with E-state index in [9.17, 15) is 0 Å². The summed E-state index contributed by atoms with van der Waals surface area (Å²) in [7, 11) is 0. The Morgan fingerprint density at radius 2 is 2.50 bits per heavy atom. The fourth-order valence-corrected chi connectivity index (χ4v) is 2.00. The molecule has 1 aromatic rings. The van der Waals surface area contributed by atoms with Crippen LogP contribution in [0.2, 0.25) is 0 Å². The summed E-state index contributed by atoms with van der Waals surface area (Å²) >= 11 is 1.64. The molecule has 0 aliphatic heterocycles. The molecule has 80 valence electrons. The zero-order valence-corrected chi connectivity index (χ0v) is 9.52. The second-order valence-electron chi connectivity index (χ2n) is 3.50. The molecule has 14 heavy (non-hydrogen) atoms. The Hall–Kier alpha value is -0.450. The van der Waals surface area contributed by atoms with E-state index in [4.69, 9.17) is 5.73 Å². The maximum Gasteiger partial charge on any atom is 0.0795 e. The zero-order valence-electron chi connectivity index (χ0n) is 8.70. The number of nitrogens with two attached hydrogens (primary N) is 1. The van der Waals surface area contributed by atoms with Crippen molar-refractivity contribution in [2.45, 2.75) is 26.3 Å². The van der Waals surface area contributed by atoms with Gasteiger partial charge in [-0.3, -0.25) is 0 Å². The summed E-state index contributed by atoms with van der Waals surface area (Å²) in [4.78, 5) is 4.21. The van der Waals surface area contributed by atoms with E-state index >= 15 is 0 Å². The predicted molar refractivity (Wildman–Crippen MR) is 61.3 cm³/mol. The van der Waals surface area contributed by atoms with Gasteiger partial charge in [-0.1, -0.05) is 13.3 Å². The SMILES string of the molecule is CCCC(CN)CNCc1cscn1. The molecular formula is C10H19N3S. The average molecular weight is 213 g/mol. The molecule has 1 aromatic heterocycles. The second-order valence-corrected chi connectivity index (χ2v) is 4.22. The van der Waals surface area contributed by atoms with Crippen LogP contribution in [0.15, 0.2) is 10.9 Å². The molecule has 0 saturated heterocycles. The van der Waals surface area contributed by atoms with Gasteiger partial charge in [0.25, 0.3) is 0 Å². The van der Waals surface area contributed by atoms with E-state index < -0.39 is 0 Å². The summed E-state index contributed by atoms with van der Waals surface area (Å²) in [6.45, 7) is 4.84. The topological polar surface area (TPSA) is 50.9 Å². The third-order valence-corrected chi connectivity index (χ3v) is 2.89. The van der Waals surface area contributed by atoms with Gasteiger partial charge in [0.1, 0.15) is 0 Å². The molecular weight excluding hydrogens is 194 g/mol. The molecule has 1 unspecified atom stereocenters. The largest absolute Gasteiger partial charge is 0.330 e. The van der Waals surface area contributed by atoms with Crippen molar-refractivity contribution in [3.63, 3.8) is 0 Å². The highest BCUT2D eigenvalue weighted by atomic mass is 32.1. The van der Waals surface area contributed by atoms with Crippen molar-refractivity contribution in [1.82, 2.24) is 10.3 Å². The minimum absolute atomic E-state index is 0.610. The lowest BCUT2D eigenvalue weighted by Gasteiger charge is -2.13. The van der Waals surface area contributed by atoms with Crippen LogP contribution in [0, 0.1) is 5.92 Å². The highest BCUT2D eigenvalue weighted by molar-refractivity contribution is 7.07. The lowest BCUT2D eigenvalue weighted by molar-refractivity contribution is 0.448. The van der Waals surface area contributed by atoms with E-state index in [1.165, 1.54) is 12.8 Å². The molecule has 3 nitrogen and oxygen atoms in total. The van der Waals surface area contributed by atoms with Gasteiger partial charge in [0.2, 0.25) is 0 Å². The summed E-state index contributed by atoms with van der Waals surface area (Å²) < 4.78 is 0. The van der Waals surface area contributed by atoms with E-state index in [0.717, 1.165) is 25.3 Å². The van der Waals surface area contributed by atoms with Crippen LogP contribution in [0.1, 0.15) is 25.5 Å². The van der Waals surface area contributed by atoms with E-state index in [2.05, 4.69) is 22.6 Å². The highest BCUT2D eigenvalue weighted by Crippen LogP contribution is 2.04. The number of aromatic nitrogens is 1. The molecule has 0 amide bonds. The van der Waals surface area contributed by atoms with Crippen molar-refractivity contribution in [2.75, 3.05) is 13.1 Å². The summed E-state index contributed by atoms with van der Waals surface area (Å²) in [5.74, 6) is 0.610. The van der Waals surface area contributed by atoms with Crippen LogP contribution in [0.4, 0.5) is 0 Å². The normalized spacial score (nSPS) is 13.0. The third kappa shape index (κ3) is 4.17. The van der Waals surface area contributed by atoms with Gasteiger partial charge in [0.15, 0.2) is 0 Å². The van der Waals surface area contributed by atoms with Crippen LogP contribution in [-0.4, -0.2) is 18.1 Å². The lowest BCUT2D eigenvalue weighted by atomic mass is 10.0. The van der Waals surface area contributed by atoms with Crippen LogP contribution in [0.3, 0.4) is 0 Å². The van der Waals surface area contributed by atoms with Crippen molar-refractivity contribution < 1.29 is 0 Å². The molecule has 1 rings (SSSR count). The molecule has 4 heteroatoms. The van der Waals surface area contributed by atoms with Crippen molar-refractivity contribution >= 4 is 11.3 Å². The second kappa shape index (κ2) is 6.92. The Morgan fingerprint density at radius 1 is 1.64 bits per heavy atom. The van der Waals surface area contributed by atoms with Crippen molar-refractivity contribution in [3.05, 3.63) is 16.6 Å². The van der Waals surface area contributed by atoms with Gasteiger partial charge < -0.3 is 11.1 Å². The predicted octanol–water partition coefficient (Wildman–Crippen LogP) is 1.61. The van der Waals surface area contributed by atoms with Crippen LogP contribution in [0.25, 0.3) is 0 Å². The van der Waals surface area contributed by atoms with Gasteiger partial charge in [-0.2, -0.15) is 0 Å². The molecule has 1 heterocycles. The van der Waals surface area contributed by atoms with Crippen LogP contribution in [0.5, 0.6) is 0 Å². The van der Waals surface area contributed by atoms with Gasteiger partial charge in [-0.25, -0.2) is 4.98 Å². The summed E-state index contributed by atoms with van der Waals surface area (Å²) in [5.41, 5.74) is 8.66. The van der Waals surface area contributed by atoms with Crippen molar-refractivity contribution in [3.8, 4) is 0 Å². The van der Waals surface area contributed by atoms with Crippen LogP contribution in [-0.2, 0) is 6.54 Å². The van der Waals surface area contributed by atoms with E-state index in [-0.39, 0.29) is 0 Å². The van der Waals surface area contributed by atoms with Gasteiger partial charge >= 0.3 is 0 Å². The number of nitrogens with one attached hydrogen (secondary N) is 1. The van der Waals surface area contributed by atoms with E-state index in [1.807, 2.05) is 5.51 Å². The lowest BCUT2D eigenvalue weighted by Crippen LogP contribution is -2.27. The molecule has 0 aromatic carbocycles. The minimum Gasteiger partial charge on any atom is -0.330 e. The van der Waals surface area contributed by atoms with Gasteiger partial charge in [-0.05, 0) is 25.4 Å². The Morgan fingerprint density at radius 3 is 3.07 bits per heavy atom. The van der Waals surface area contributed by atoms with Crippen LogP contribution >= 0.6 is 11.3 Å². The van der Waals surface area contributed by atoms with Gasteiger partial charge in [0, 0.05) is 11.9 Å². The number of rotatable bonds is 7. The fourth-order valence-electron chi connectivity index (χ4n) is 1.44. The highest BCUT2D eigenvalue weighted by Gasteiger charge is 2.04. The van der Waals surface area contributed by atoms with E-state index in [1.54, 1.807) is 11.3 Å². The number of nitrogens with zero attached hydrogens (tertiary/aromatic N) is 1. The summed E-state index contributed by atoms with van der Waals surface area (Å²) in [5, 5.41) is 5.46. The molecule has 1 atom stereocenters. The summed E-state index contributed by atoms with van der Waals surface area (Å²) in [6.07, 6.45) is 2.42. The standard InChI is InChI=1S/C10H19N3S/c1-2-3-9(4-11)5-12-6-10-7-14-8-13-10/h7-9,12H,2-6,11H2,1H3. The first-order valence-electron chi connectivity index (χ1n) is 5.14. The molecule has 0 radical (unpaired) electrons. The zero-order chi connectivity index (χ0) is 10.2. The molecule has 0 saturated carbocycles. The number of hydrogen-bond donors (Lipinski definition) is 2.